The molecule has 0 bridgehead atoms. The van der Waals surface area contributed by atoms with E-state index in [0.717, 1.165) is 37.4 Å². The predicted molar refractivity (Wildman–Crippen MR) is 102 cm³/mol. The van der Waals surface area contributed by atoms with Gasteiger partial charge in [-0.15, -0.1) is 0 Å². The van der Waals surface area contributed by atoms with Gasteiger partial charge in [-0.25, -0.2) is 9.18 Å². The van der Waals surface area contributed by atoms with Crippen molar-refractivity contribution in [3.05, 3.63) is 35.6 Å². The molecule has 8 heteroatoms. The summed E-state index contributed by atoms with van der Waals surface area (Å²) in [4.78, 5) is 43.0. The fraction of sp³-hybridized carbons (Fsp3) is 0.550. The summed E-state index contributed by atoms with van der Waals surface area (Å²) < 4.78 is 13.2. The predicted octanol–water partition coefficient (Wildman–Crippen LogP) is 1.54. The van der Waals surface area contributed by atoms with Gasteiger partial charge in [0.2, 0.25) is 5.91 Å². The van der Waals surface area contributed by atoms with Crippen LogP contribution in [-0.4, -0.2) is 71.8 Å². The maximum absolute atomic E-state index is 13.2. The lowest BCUT2D eigenvalue weighted by Crippen LogP contribution is -2.49. The van der Waals surface area contributed by atoms with Crippen LogP contribution in [0.3, 0.4) is 0 Å². The summed E-state index contributed by atoms with van der Waals surface area (Å²) >= 11 is 0. The third-order valence-corrected chi connectivity index (χ3v) is 5.94. The Kier molecular flexibility index (Phi) is 5.69. The molecule has 28 heavy (non-hydrogen) atoms. The monoisotopic (exact) mass is 390 g/mol. The van der Waals surface area contributed by atoms with Crippen LogP contribution in [0.4, 0.5) is 9.18 Å². The Hall–Kier alpha value is -2.48. The second kappa shape index (κ2) is 7.87. The van der Waals surface area contributed by atoms with E-state index >= 15 is 0 Å². The summed E-state index contributed by atoms with van der Waals surface area (Å²) in [6.07, 6.45) is 1.76. The average molecular weight is 390 g/mol. The van der Waals surface area contributed by atoms with Crippen molar-refractivity contribution in [3.8, 4) is 0 Å². The molecule has 0 radical (unpaired) electrons. The van der Waals surface area contributed by atoms with Gasteiger partial charge in [-0.05, 0) is 44.0 Å². The van der Waals surface area contributed by atoms with E-state index in [4.69, 9.17) is 0 Å². The largest absolute Gasteiger partial charge is 0.341 e. The number of likely N-dealkylation sites (N-methyl/N-ethyl adjacent to an activating group) is 1. The summed E-state index contributed by atoms with van der Waals surface area (Å²) in [5.74, 6) is -1.19. The molecule has 1 unspecified atom stereocenters. The van der Waals surface area contributed by atoms with Crippen LogP contribution in [0.25, 0.3) is 0 Å². The van der Waals surface area contributed by atoms with Crippen LogP contribution < -0.4 is 5.32 Å². The number of nitrogens with zero attached hydrogens (tertiary/aromatic N) is 3. The number of likely N-dealkylation sites (tertiary alicyclic amines) is 1. The first-order chi connectivity index (χ1) is 13.3. The molecule has 2 saturated heterocycles. The Bertz CT molecular complexity index is 761. The van der Waals surface area contributed by atoms with E-state index in [-0.39, 0.29) is 18.5 Å². The van der Waals surface area contributed by atoms with Crippen molar-refractivity contribution in [1.29, 1.82) is 0 Å². The Morgan fingerprint density at radius 3 is 2.43 bits per heavy atom. The molecule has 0 spiro atoms. The van der Waals surface area contributed by atoms with Crippen LogP contribution in [0.5, 0.6) is 0 Å². The Labute approximate surface area is 164 Å². The normalized spacial score (nSPS) is 23.8. The number of halogens is 1. The fourth-order valence-corrected chi connectivity index (χ4v) is 3.89. The number of carbonyl (C=O) groups is 3. The molecule has 0 aliphatic carbocycles. The van der Waals surface area contributed by atoms with Crippen LogP contribution in [0, 0.1) is 5.82 Å². The number of carbonyl (C=O) groups excluding carboxylic acids is 3. The van der Waals surface area contributed by atoms with Crippen molar-refractivity contribution in [2.24, 2.45) is 0 Å². The van der Waals surface area contributed by atoms with Gasteiger partial charge in [0.25, 0.3) is 5.91 Å². The number of hydrogen-bond acceptors (Lipinski definition) is 4. The van der Waals surface area contributed by atoms with Gasteiger partial charge < -0.3 is 15.1 Å². The fourth-order valence-electron chi connectivity index (χ4n) is 3.89. The van der Waals surface area contributed by atoms with Gasteiger partial charge in [0.05, 0.1) is 0 Å². The zero-order valence-electron chi connectivity index (χ0n) is 16.6. The van der Waals surface area contributed by atoms with E-state index in [1.54, 1.807) is 18.9 Å². The summed E-state index contributed by atoms with van der Waals surface area (Å²) in [5.41, 5.74) is -0.835. The Morgan fingerprint density at radius 1 is 1.25 bits per heavy atom. The highest BCUT2D eigenvalue weighted by atomic mass is 19.1. The SMILES string of the molecule is CCN1CCC(N(C)C(=O)CN2C(=O)NC(C)(c3ccc(F)cc3)C2=O)CC1. The van der Waals surface area contributed by atoms with Crippen molar-refractivity contribution in [1.82, 2.24) is 20.0 Å². The molecule has 2 fully saturated rings. The van der Waals surface area contributed by atoms with Gasteiger partial charge in [-0.2, -0.15) is 0 Å². The molecule has 1 aromatic carbocycles. The van der Waals surface area contributed by atoms with E-state index in [0.29, 0.717) is 5.56 Å². The molecule has 2 aliphatic heterocycles. The molecule has 0 aromatic heterocycles. The minimum Gasteiger partial charge on any atom is -0.341 e. The molecule has 1 aromatic rings. The first kappa shape index (κ1) is 20.3. The second-order valence-corrected chi connectivity index (χ2v) is 7.62. The van der Waals surface area contributed by atoms with E-state index in [1.165, 1.54) is 24.3 Å². The standard InChI is InChI=1S/C20H27FN4O3/c1-4-24-11-9-16(10-12-24)23(3)17(26)13-25-18(27)20(2,22-19(25)28)14-5-7-15(21)8-6-14/h5-8,16H,4,9-13H2,1-3H3,(H,22,28). The highest BCUT2D eigenvalue weighted by Crippen LogP contribution is 2.29. The van der Waals surface area contributed by atoms with Gasteiger partial charge in [-0.3, -0.25) is 14.5 Å². The topological polar surface area (TPSA) is 73.0 Å². The number of piperidine rings is 1. The number of hydrogen-bond donors (Lipinski definition) is 1. The second-order valence-electron chi connectivity index (χ2n) is 7.62. The van der Waals surface area contributed by atoms with Crippen molar-refractivity contribution in [2.45, 2.75) is 38.3 Å². The third kappa shape index (κ3) is 3.73. The summed E-state index contributed by atoms with van der Waals surface area (Å²) in [7, 11) is 1.73. The van der Waals surface area contributed by atoms with Gasteiger partial charge in [0.1, 0.15) is 17.9 Å². The van der Waals surface area contributed by atoms with E-state index in [2.05, 4.69) is 17.1 Å². The molecule has 0 saturated carbocycles. The van der Waals surface area contributed by atoms with Crippen LogP contribution in [0.1, 0.15) is 32.3 Å². The zero-order valence-corrected chi connectivity index (χ0v) is 16.6. The first-order valence-electron chi connectivity index (χ1n) is 9.64. The lowest BCUT2D eigenvalue weighted by molar-refractivity contribution is -0.139. The van der Waals surface area contributed by atoms with E-state index in [1.807, 2.05) is 0 Å². The number of rotatable bonds is 5. The minimum absolute atomic E-state index is 0.111. The van der Waals surface area contributed by atoms with Crippen molar-refractivity contribution >= 4 is 17.8 Å². The molecular weight excluding hydrogens is 363 g/mol. The number of imide groups is 1. The lowest BCUT2D eigenvalue weighted by Gasteiger charge is -2.36. The molecule has 2 heterocycles. The average Bonchev–Trinajstić information content (AvgIpc) is 2.91. The summed E-state index contributed by atoms with van der Waals surface area (Å²) in [5, 5.41) is 2.64. The Morgan fingerprint density at radius 2 is 1.86 bits per heavy atom. The highest BCUT2D eigenvalue weighted by molar-refractivity contribution is 6.09. The first-order valence-corrected chi connectivity index (χ1v) is 9.64. The third-order valence-electron chi connectivity index (χ3n) is 5.94. The van der Waals surface area contributed by atoms with Crippen LogP contribution in [0.2, 0.25) is 0 Å². The quantitative estimate of drug-likeness (QED) is 0.774. The molecule has 1 atom stereocenters. The maximum Gasteiger partial charge on any atom is 0.325 e. The van der Waals surface area contributed by atoms with Crippen LogP contribution in [-0.2, 0) is 15.1 Å². The molecule has 152 valence electrons. The molecule has 1 N–H and O–H groups in total. The number of amides is 4. The van der Waals surface area contributed by atoms with Crippen molar-refractivity contribution in [3.63, 3.8) is 0 Å². The Balaban J connectivity index is 1.67. The van der Waals surface area contributed by atoms with Gasteiger partial charge in [0, 0.05) is 26.2 Å². The minimum atomic E-state index is -1.31. The number of nitrogens with one attached hydrogen (secondary N) is 1. The van der Waals surface area contributed by atoms with Crippen LogP contribution >= 0.6 is 0 Å². The molecule has 3 rings (SSSR count). The lowest BCUT2D eigenvalue weighted by atomic mass is 9.92. The number of benzene rings is 1. The van der Waals surface area contributed by atoms with Crippen LogP contribution in [0.15, 0.2) is 24.3 Å². The summed E-state index contributed by atoms with van der Waals surface area (Å²) in [6, 6.07) is 4.91. The zero-order chi connectivity index (χ0) is 20.5. The van der Waals surface area contributed by atoms with Gasteiger partial charge >= 0.3 is 6.03 Å². The van der Waals surface area contributed by atoms with E-state index < -0.39 is 23.3 Å². The number of urea groups is 1. The van der Waals surface area contributed by atoms with Crippen molar-refractivity contribution < 1.29 is 18.8 Å². The maximum atomic E-state index is 13.2. The molecule has 2 aliphatic rings. The molecule has 7 nitrogen and oxygen atoms in total. The van der Waals surface area contributed by atoms with E-state index in [9.17, 15) is 18.8 Å². The molecule has 4 amide bonds. The van der Waals surface area contributed by atoms with Crippen molar-refractivity contribution in [2.75, 3.05) is 33.2 Å². The smallest absolute Gasteiger partial charge is 0.325 e. The molecular formula is C20H27FN4O3. The van der Waals surface area contributed by atoms with Gasteiger partial charge in [0.15, 0.2) is 0 Å². The van der Waals surface area contributed by atoms with Gasteiger partial charge in [-0.1, -0.05) is 19.1 Å². The highest BCUT2D eigenvalue weighted by Gasteiger charge is 2.49. The summed E-state index contributed by atoms with van der Waals surface area (Å²) in [6.45, 7) is 6.25.